The summed E-state index contributed by atoms with van der Waals surface area (Å²) in [6.07, 6.45) is 7.96. The third-order valence-corrected chi connectivity index (χ3v) is 5.21. The largest absolute Gasteiger partial charge is 0.488 e. The standard InChI is InChI=1S/C21H24BrN3OS/c22-18-9-6-7-16(13-18)15-26-20-12-5-4-8-17(20)14-23-25-21(27)24-19-10-2-1-3-11-19/h4-9,12-14,19H,1-3,10-11,15H2,(H2,24,25,27). The van der Waals surface area contributed by atoms with Crippen molar-refractivity contribution in [2.75, 3.05) is 0 Å². The first-order chi connectivity index (χ1) is 13.2. The molecule has 1 saturated carbocycles. The van der Waals surface area contributed by atoms with Gasteiger partial charge in [0.25, 0.3) is 0 Å². The van der Waals surface area contributed by atoms with Crippen molar-refractivity contribution in [1.29, 1.82) is 0 Å². The molecule has 0 aromatic heterocycles. The smallest absolute Gasteiger partial charge is 0.187 e. The van der Waals surface area contributed by atoms with Gasteiger partial charge in [-0.2, -0.15) is 5.10 Å². The summed E-state index contributed by atoms with van der Waals surface area (Å²) in [5, 5.41) is 8.19. The molecule has 3 rings (SSSR count). The lowest BCUT2D eigenvalue weighted by Gasteiger charge is -2.23. The Morgan fingerprint density at radius 2 is 1.96 bits per heavy atom. The Hall–Kier alpha value is -1.92. The number of hydrazone groups is 1. The van der Waals surface area contributed by atoms with E-state index in [0.717, 1.165) is 21.3 Å². The van der Waals surface area contributed by atoms with Crippen LogP contribution in [0, 0.1) is 0 Å². The van der Waals surface area contributed by atoms with Gasteiger partial charge in [0.2, 0.25) is 0 Å². The highest BCUT2D eigenvalue weighted by atomic mass is 79.9. The molecule has 2 aromatic rings. The normalized spacial score (nSPS) is 14.9. The summed E-state index contributed by atoms with van der Waals surface area (Å²) in [6, 6.07) is 16.4. The molecule has 0 unspecified atom stereocenters. The third-order valence-electron chi connectivity index (χ3n) is 4.51. The molecule has 1 aliphatic rings. The molecule has 2 N–H and O–H groups in total. The molecule has 0 heterocycles. The molecule has 0 aliphatic heterocycles. The molecule has 4 nitrogen and oxygen atoms in total. The van der Waals surface area contributed by atoms with Gasteiger partial charge >= 0.3 is 0 Å². The molecule has 1 fully saturated rings. The SMILES string of the molecule is S=C(NN=Cc1ccccc1OCc1cccc(Br)c1)NC1CCCCC1. The van der Waals surface area contributed by atoms with Crippen molar-refractivity contribution in [2.24, 2.45) is 5.10 Å². The molecule has 27 heavy (non-hydrogen) atoms. The van der Waals surface area contributed by atoms with Crippen LogP contribution in [0.1, 0.15) is 43.2 Å². The van der Waals surface area contributed by atoms with E-state index in [1.807, 2.05) is 48.5 Å². The van der Waals surface area contributed by atoms with E-state index in [4.69, 9.17) is 17.0 Å². The molecule has 0 amide bonds. The number of nitrogens with zero attached hydrogens (tertiary/aromatic N) is 1. The van der Waals surface area contributed by atoms with E-state index >= 15 is 0 Å². The molecule has 2 aromatic carbocycles. The molecular formula is C21H24BrN3OS. The Kier molecular flexibility index (Phi) is 7.66. The number of para-hydroxylation sites is 1. The first kappa shape index (κ1) is 19.8. The summed E-state index contributed by atoms with van der Waals surface area (Å²) >= 11 is 8.82. The van der Waals surface area contributed by atoms with Crippen LogP contribution in [-0.2, 0) is 6.61 Å². The predicted molar refractivity (Wildman–Crippen MR) is 118 cm³/mol. The van der Waals surface area contributed by atoms with Crippen molar-refractivity contribution in [2.45, 2.75) is 44.8 Å². The molecule has 0 spiro atoms. The zero-order valence-electron chi connectivity index (χ0n) is 15.2. The number of rotatable bonds is 6. The number of hydrogen-bond acceptors (Lipinski definition) is 3. The maximum Gasteiger partial charge on any atom is 0.187 e. The monoisotopic (exact) mass is 445 g/mol. The van der Waals surface area contributed by atoms with Gasteiger partial charge in [0.05, 0.1) is 6.21 Å². The minimum absolute atomic E-state index is 0.467. The van der Waals surface area contributed by atoms with E-state index < -0.39 is 0 Å². The van der Waals surface area contributed by atoms with Crippen molar-refractivity contribution in [3.63, 3.8) is 0 Å². The van der Waals surface area contributed by atoms with Gasteiger partial charge in [-0.15, -0.1) is 0 Å². The van der Waals surface area contributed by atoms with Gasteiger partial charge in [-0.05, 0) is 54.9 Å². The summed E-state index contributed by atoms with van der Waals surface area (Å²) in [5.41, 5.74) is 4.92. The van der Waals surface area contributed by atoms with E-state index in [-0.39, 0.29) is 0 Å². The minimum atomic E-state index is 0.467. The predicted octanol–water partition coefficient (Wildman–Crippen LogP) is 5.16. The summed E-state index contributed by atoms with van der Waals surface area (Å²) in [5.74, 6) is 0.786. The fourth-order valence-corrected chi connectivity index (χ4v) is 3.80. The number of nitrogens with one attached hydrogen (secondary N) is 2. The van der Waals surface area contributed by atoms with Crippen molar-refractivity contribution >= 4 is 39.5 Å². The van der Waals surface area contributed by atoms with Crippen molar-refractivity contribution in [1.82, 2.24) is 10.7 Å². The summed E-state index contributed by atoms with van der Waals surface area (Å²) in [4.78, 5) is 0. The van der Waals surface area contributed by atoms with E-state index in [1.165, 1.54) is 32.1 Å². The quantitative estimate of drug-likeness (QED) is 0.366. The lowest BCUT2D eigenvalue weighted by Crippen LogP contribution is -2.40. The second kappa shape index (κ2) is 10.4. The Balaban J connectivity index is 1.53. The Labute approximate surface area is 174 Å². The van der Waals surface area contributed by atoms with Crippen LogP contribution in [0.4, 0.5) is 0 Å². The topological polar surface area (TPSA) is 45.7 Å². The van der Waals surface area contributed by atoms with Gasteiger partial charge in [0.15, 0.2) is 5.11 Å². The van der Waals surface area contributed by atoms with Gasteiger partial charge in [-0.3, -0.25) is 5.43 Å². The molecule has 0 bridgehead atoms. The number of ether oxygens (including phenoxy) is 1. The Bertz CT molecular complexity index is 791. The maximum atomic E-state index is 5.97. The van der Waals surface area contributed by atoms with E-state index in [1.54, 1.807) is 6.21 Å². The van der Waals surface area contributed by atoms with Crippen molar-refractivity contribution < 1.29 is 4.74 Å². The van der Waals surface area contributed by atoms with Gasteiger partial charge in [-0.25, -0.2) is 0 Å². The van der Waals surface area contributed by atoms with Crippen LogP contribution in [0.25, 0.3) is 0 Å². The zero-order chi connectivity index (χ0) is 18.9. The van der Waals surface area contributed by atoms with E-state index in [0.29, 0.717) is 17.8 Å². The van der Waals surface area contributed by atoms with Crippen LogP contribution in [0.2, 0.25) is 0 Å². The average molecular weight is 446 g/mol. The van der Waals surface area contributed by atoms with Crippen LogP contribution in [0.5, 0.6) is 5.75 Å². The van der Waals surface area contributed by atoms with Gasteiger partial charge in [-0.1, -0.05) is 59.5 Å². The van der Waals surface area contributed by atoms with E-state index in [2.05, 4.69) is 31.8 Å². The number of hydrogen-bond donors (Lipinski definition) is 2. The van der Waals surface area contributed by atoms with Crippen LogP contribution < -0.4 is 15.5 Å². The molecule has 0 saturated heterocycles. The summed E-state index contributed by atoms with van der Waals surface area (Å²) < 4.78 is 7.01. The van der Waals surface area contributed by atoms with Crippen molar-refractivity contribution in [3.05, 3.63) is 64.1 Å². The first-order valence-electron chi connectivity index (χ1n) is 9.26. The number of thiocarbonyl (C=S) groups is 1. The fraction of sp³-hybridized carbons (Fsp3) is 0.333. The van der Waals surface area contributed by atoms with Crippen LogP contribution in [0.15, 0.2) is 58.1 Å². The van der Waals surface area contributed by atoms with Gasteiger partial charge in [0.1, 0.15) is 12.4 Å². The lowest BCUT2D eigenvalue weighted by molar-refractivity contribution is 0.305. The summed E-state index contributed by atoms with van der Waals surface area (Å²) in [6.45, 7) is 0.499. The second-order valence-corrected chi connectivity index (χ2v) is 7.96. The molecule has 1 aliphatic carbocycles. The van der Waals surface area contributed by atoms with Gasteiger partial charge < -0.3 is 10.1 Å². The van der Waals surface area contributed by atoms with Crippen LogP contribution in [0.3, 0.4) is 0 Å². The zero-order valence-corrected chi connectivity index (χ0v) is 17.6. The average Bonchev–Trinajstić information content (AvgIpc) is 2.68. The van der Waals surface area contributed by atoms with E-state index in [9.17, 15) is 0 Å². The number of halogens is 1. The number of benzene rings is 2. The summed E-state index contributed by atoms with van der Waals surface area (Å²) in [7, 11) is 0. The third kappa shape index (κ3) is 6.63. The Morgan fingerprint density at radius 3 is 2.78 bits per heavy atom. The first-order valence-corrected chi connectivity index (χ1v) is 10.5. The molecule has 142 valence electrons. The highest BCUT2D eigenvalue weighted by Crippen LogP contribution is 2.19. The molecule has 6 heteroatoms. The minimum Gasteiger partial charge on any atom is -0.488 e. The molecule has 0 radical (unpaired) electrons. The Morgan fingerprint density at radius 1 is 1.15 bits per heavy atom. The van der Waals surface area contributed by atoms with Gasteiger partial charge in [0, 0.05) is 16.1 Å². The molecule has 0 atom stereocenters. The highest BCUT2D eigenvalue weighted by molar-refractivity contribution is 9.10. The highest BCUT2D eigenvalue weighted by Gasteiger charge is 2.13. The fourth-order valence-electron chi connectivity index (χ4n) is 3.13. The van der Waals surface area contributed by atoms with Crippen LogP contribution in [-0.4, -0.2) is 17.4 Å². The maximum absolute atomic E-state index is 5.97. The lowest BCUT2D eigenvalue weighted by atomic mass is 9.96. The second-order valence-electron chi connectivity index (χ2n) is 6.63. The van der Waals surface area contributed by atoms with Crippen molar-refractivity contribution in [3.8, 4) is 5.75 Å². The van der Waals surface area contributed by atoms with Crippen LogP contribution >= 0.6 is 28.1 Å². The molecular weight excluding hydrogens is 422 g/mol.